The minimum atomic E-state index is -4.53. The van der Waals surface area contributed by atoms with Gasteiger partial charge in [0.05, 0.1) is 6.04 Å². The Morgan fingerprint density at radius 1 is 0.975 bits per heavy atom. The number of rotatable bonds is 6. The summed E-state index contributed by atoms with van der Waals surface area (Å²) in [5, 5.41) is 6.88. The number of hydrogen-bond donors (Lipinski definition) is 1. The lowest BCUT2D eigenvalue weighted by Crippen LogP contribution is -2.40. The molecule has 1 aromatic carbocycles. The molecule has 1 unspecified atom stereocenters. The van der Waals surface area contributed by atoms with Crippen molar-refractivity contribution in [2.75, 3.05) is 13.1 Å². The first kappa shape index (κ1) is 26.5. The quantitative estimate of drug-likeness (QED) is 0.446. The van der Waals surface area contributed by atoms with Crippen molar-refractivity contribution in [3.63, 3.8) is 0 Å². The molecule has 3 aliphatic rings. The fourth-order valence-corrected chi connectivity index (χ4v) is 6.06. The molecule has 2 aliphatic carbocycles. The molecule has 1 aliphatic heterocycles. The smallest absolute Gasteiger partial charge is 0.344 e. The number of halogens is 3. The molecule has 0 radical (unpaired) electrons. The lowest BCUT2D eigenvalue weighted by molar-refractivity contribution is -0.142. The summed E-state index contributed by atoms with van der Waals surface area (Å²) in [5.74, 6) is -0.203. The Balaban J connectivity index is 1.07. The topological polar surface area (TPSA) is 80.1 Å². The molecule has 1 saturated carbocycles. The van der Waals surface area contributed by atoms with Crippen LogP contribution in [0.4, 0.5) is 13.2 Å². The number of nitrogens with one attached hydrogen (secondary N) is 1. The van der Waals surface area contributed by atoms with E-state index in [0.29, 0.717) is 37.3 Å². The van der Waals surface area contributed by atoms with Gasteiger partial charge >= 0.3 is 6.18 Å². The van der Waals surface area contributed by atoms with Gasteiger partial charge in [0.15, 0.2) is 5.69 Å². The second kappa shape index (κ2) is 10.7. The van der Waals surface area contributed by atoms with Gasteiger partial charge in [-0.3, -0.25) is 19.3 Å². The maximum atomic E-state index is 13.2. The molecule has 2 aromatic heterocycles. The van der Waals surface area contributed by atoms with Crippen molar-refractivity contribution in [1.82, 2.24) is 25.0 Å². The summed E-state index contributed by atoms with van der Waals surface area (Å²) in [5.41, 5.74) is 3.39. The maximum absolute atomic E-state index is 13.2. The Labute approximate surface area is 230 Å². The molecule has 3 aromatic rings. The molecule has 1 saturated heterocycles. The second-order valence-electron chi connectivity index (χ2n) is 11.1. The van der Waals surface area contributed by atoms with Crippen LogP contribution in [0.25, 0.3) is 0 Å². The van der Waals surface area contributed by atoms with Gasteiger partial charge in [-0.15, -0.1) is 0 Å². The van der Waals surface area contributed by atoms with Gasteiger partial charge in [0, 0.05) is 30.9 Å². The van der Waals surface area contributed by atoms with E-state index >= 15 is 0 Å². The highest BCUT2D eigenvalue weighted by Crippen LogP contribution is 2.42. The van der Waals surface area contributed by atoms with Crippen LogP contribution in [0.3, 0.4) is 0 Å². The highest BCUT2D eigenvalue weighted by atomic mass is 19.4. The zero-order valence-corrected chi connectivity index (χ0v) is 22.2. The highest BCUT2D eigenvalue weighted by Gasteiger charge is 2.38. The van der Waals surface area contributed by atoms with E-state index in [1.54, 1.807) is 11.1 Å². The number of fused-ring (bicyclic) bond motifs is 1. The third-order valence-electron chi connectivity index (χ3n) is 8.39. The van der Waals surface area contributed by atoms with Crippen LogP contribution in [0.2, 0.25) is 0 Å². The van der Waals surface area contributed by atoms with Gasteiger partial charge < -0.3 is 10.2 Å². The molecule has 1 N–H and O–H groups in total. The van der Waals surface area contributed by atoms with Crippen LogP contribution in [0.1, 0.15) is 95.0 Å². The lowest BCUT2D eigenvalue weighted by Gasteiger charge is -2.32. The number of aryl methyl sites for hydroxylation is 1. The normalized spacial score (nSPS) is 19.8. The van der Waals surface area contributed by atoms with Crippen molar-refractivity contribution >= 4 is 11.8 Å². The van der Waals surface area contributed by atoms with E-state index in [1.165, 1.54) is 15.8 Å². The van der Waals surface area contributed by atoms with E-state index < -0.39 is 11.9 Å². The number of pyridine rings is 1. The van der Waals surface area contributed by atoms with Crippen LogP contribution in [-0.2, 0) is 23.9 Å². The molecule has 40 heavy (non-hydrogen) atoms. The average Bonchev–Trinajstić information content (AvgIpc) is 3.72. The predicted octanol–water partition coefficient (Wildman–Crippen LogP) is 5.39. The number of amides is 2. The predicted molar refractivity (Wildman–Crippen MR) is 142 cm³/mol. The van der Waals surface area contributed by atoms with E-state index in [2.05, 4.69) is 27.5 Å². The summed E-state index contributed by atoms with van der Waals surface area (Å²) < 4.78 is 40.9. The van der Waals surface area contributed by atoms with E-state index in [-0.39, 0.29) is 36.2 Å². The second-order valence-corrected chi connectivity index (χ2v) is 11.1. The van der Waals surface area contributed by atoms with Gasteiger partial charge in [-0.25, -0.2) is 0 Å². The van der Waals surface area contributed by atoms with Gasteiger partial charge in [-0.2, -0.15) is 18.3 Å². The third-order valence-corrected chi connectivity index (χ3v) is 8.39. The molecule has 1 atom stereocenters. The van der Waals surface area contributed by atoms with Gasteiger partial charge in [0.2, 0.25) is 5.91 Å². The van der Waals surface area contributed by atoms with Gasteiger partial charge in [-0.1, -0.05) is 24.3 Å². The number of likely N-dealkylation sites (tertiary alicyclic amines) is 1. The zero-order valence-electron chi connectivity index (χ0n) is 22.2. The molecule has 2 amide bonds. The molecule has 7 nitrogen and oxygen atoms in total. The van der Waals surface area contributed by atoms with Crippen molar-refractivity contribution in [3.8, 4) is 0 Å². The van der Waals surface area contributed by atoms with Crippen molar-refractivity contribution < 1.29 is 22.8 Å². The van der Waals surface area contributed by atoms with Crippen LogP contribution in [0.5, 0.6) is 0 Å². The number of piperidine rings is 1. The third kappa shape index (κ3) is 5.62. The van der Waals surface area contributed by atoms with Crippen LogP contribution in [-0.4, -0.2) is 44.6 Å². The molecule has 3 heterocycles. The first-order valence-electron chi connectivity index (χ1n) is 14.0. The molecule has 10 heteroatoms. The minimum Gasteiger partial charge on any atom is -0.344 e. The van der Waals surface area contributed by atoms with E-state index in [9.17, 15) is 22.8 Å². The Kier molecular flexibility index (Phi) is 7.10. The van der Waals surface area contributed by atoms with Gasteiger partial charge in [-0.05, 0) is 85.8 Å². The summed E-state index contributed by atoms with van der Waals surface area (Å²) in [6.45, 7) is 0.813. The standard InChI is InChI=1S/C30H32F3N5O2/c31-30(32,33)27-17-26(21-8-9-21)38(36-27)18-28(39)37-14-11-19(12-15-37)22-10-13-34-25(16-22)29(40)35-24-7-3-5-20-4-1-2-6-23(20)24/h1-2,4,6,10,13,16-17,19,21,24H,3,5,7-9,11-12,14-15,18H2,(H,35,40). The van der Waals surface area contributed by atoms with Crippen LogP contribution >= 0.6 is 0 Å². The van der Waals surface area contributed by atoms with Gasteiger partial charge in [0.25, 0.3) is 5.91 Å². The fourth-order valence-electron chi connectivity index (χ4n) is 6.06. The molecule has 2 fully saturated rings. The summed E-state index contributed by atoms with van der Waals surface area (Å²) in [7, 11) is 0. The zero-order chi connectivity index (χ0) is 27.9. The van der Waals surface area contributed by atoms with Crippen molar-refractivity contribution in [3.05, 3.63) is 82.4 Å². The van der Waals surface area contributed by atoms with Crippen LogP contribution in [0.15, 0.2) is 48.7 Å². The molecular weight excluding hydrogens is 519 g/mol. The lowest BCUT2D eigenvalue weighted by atomic mass is 9.87. The largest absolute Gasteiger partial charge is 0.435 e. The first-order chi connectivity index (χ1) is 19.3. The number of alkyl halides is 3. The van der Waals surface area contributed by atoms with Crippen molar-refractivity contribution in [2.45, 2.75) is 75.5 Å². The van der Waals surface area contributed by atoms with Crippen LogP contribution < -0.4 is 5.32 Å². The Morgan fingerprint density at radius 3 is 2.50 bits per heavy atom. The van der Waals surface area contributed by atoms with E-state index in [1.807, 2.05) is 24.3 Å². The Hall–Kier alpha value is -3.69. The first-order valence-corrected chi connectivity index (χ1v) is 14.0. The summed E-state index contributed by atoms with van der Waals surface area (Å²) in [6.07, 6.45) is 3.13. The summed E-state index contributed by atoms with van der Waals surface area (Å²) in [6, 6.07) is 13.0. The number of hydrogen-bond acceptors (Lipinski definition) is 4. The maximum Gasteiger partial charge on any atom is 0.435 e. The number of benzene rings is 1. The summed E-state index contributed by atoms with van der Waals surface area (Å²) in [4.78, 5) is 32.1. The number of carbonyl (C=O) groups excluding carboxylic acids is 2. The fraction of sp³-hybridized carbons (Fsp3) is 0.467. The molecular formula is C30H32F3N5O2. The van der Waals surface area contributed by atoms with Gasteiger partial charge in [0.1, 0.15) is 12.2 Å². The molecule has 0 spiro atoms. The number of carbonyl (C=O) groups is 2. The summed E-state index contributed by atoms with van der Waals surface area (Å²) >= 11 is 0. The molecule has 0 bridgehead atoms. The Morgan fingerprint density at radius 2 is 1.75 bits per heavy atom. The number of nitrogens with zero attached hydrogens (tertiary/aromatic N) is 4. The Bertz CT molecular complexity index is 1410. The SMILES string of the molecule is O=C(NC1CCCc2ccccc21)c1cc(C2CCN(C(=O)Cn3nc(C(F)(F)F)cc3C3CC3)CC2)ccn1. The minimum absolute atomic E-state index is 0.0282. The number of aromatic nitrogens is 3. The van der Waals surface area contributed by atoms with E-state index in [4.69, 9.17) is 0 Å². The molecule has 6 rings (SSSR count). The van der Waals surface area contributed by atoms with Crippen molar-refractivity contribution in [1.29, 1.82) is 0 Å². The highest BCUT2D eigenvalue weighted by molar-refractivity contribution is 5.92. The van der Waals surface area contributed by atoms with Crippen molar-refractivity contribution in [2.24, 2.45) is 0 Å². The van der Waals surface area contributed by atoms with Crippen LogP contribution in [0, 0.1) is 0 Å². The average molecular weight is 552 g/mol. The van der Waals surface area contributed by atoms with E-state index in [0.717, 1.165) is 43.7 Å². The monoisotopic (exact) mass is 551 g/mol. The molecule has 210 valence electrons.